The topological polar surface area (TPSA) is 24.9 Å². The van der Waals surface area contributed by atoms with E-state index < -0.39 is 0 Å². The summed E-state index contributed by atoms with van der Waals surface area (Å²) >= 11 is 0. The first-order valence-corrected chi connectivity index (χ1v) is 5.00. The largest absolute Gasteiger partial charge is 0.370 e. The molecule has 0 spiro atoms. The van der Waals surface area contributed by atoms with E-state index >= 15 is 0 Å². The monoisotopic (exact) mass is 177 g/mol. The maximum Gasteiger partial charge on any atom is 0.133 e. The zero-order valence-electron chi connectivity index (χ0n) is 8.21. The number of pyridine rings is 1. The Morgan fingerprint density at radius 1 is 1.38 bits per heavy atom. The molecule has 0 saturated heterocycles. The van der Waals surface area contributed by atoms with Crippen molar-refractivity contribution in [3.63, 3.8) is 0 Å². The van der Waals surface area contributed by atoms with Gasteiger partial charge in [-0.1, -0.05) is 26.2 Å². The molecule has 71 valence electrons. The van der Waals surface area contributed by atoms with Crippen molar-refractivity contribution < 1.29 is 0 Å². The van der Waals surface area contributed by atoms with Crippen molar-refractivity contribution in [1.82, 2.24) is 4.98 Å². The molecule has 0 atom stereocenters. The van der Waals surface area contributed by atoms with Gasteiger partial charge in [-0.25, -0.2) is 4.98 Å². The van der Waals surface area contributed by atoms with Crippen LogP contribution in [0.25, 0.3) is 0 Å². The Hall–Kier alpha value is -1.05. The number of unbranched alkanes of at least 4 members (excludes halogenated alkanes) is 3. The van der Waals surface area contributed by atoms with Gasteiger partial charge < -0.3 is 5.32 Å². The van der Waals surface area contributed by atoms with Crippen LogP contribution in [0.15, 0.2) is 18.3 Å². The highest BCUT2D eigenvalue weighted by molar-refractivity contribution is 5.31. The Balaban J connectivity index is 2.07. The van der Waals surface area contributed by atoms with Gasteiger partial charge in [-0.05, 0) is 18.6 Å². The van der Waals surface area contributed by atoms with Crippen molar-refractivity contribution >= 4 is 5.82 Å². The van der Waals surface area contributed by atoms with Crippen molar-refractivity contribution in [2.75, 3.05) is 11.9 Å². The van der Waals surface area contributed by atoms with Crippen LogP contribution < -0.4 is 5.32 Å². The molecule has 0 aliphatic rings. The van der Waals surface area contributed by atoms with E-state index in [1.165, 1.54) is 25.7 Å². The van der Waals surface area contributed by atoms with Gasteiger partial charge in [0.05, 0.1) is 0 Å². The lowest BCUT2D eigenvalue weighted by Crippen LogP contribution is -2.02. The molecule has 0 aromatic carbocycles. The number of aromatic nitrogens is 1. The molecular formula is C11H17N2. The predicted molar refractivity (Wildman–Crippen MR) is 55.7 cm³/mol. The van der Waals surface area contributed by atoms with Gasteiger partial charge in [0.2, 0.25) is 0 Å². The van der Waals surface area contributed by atoms with Gasteiger partial charge in [0.1, 0.15) is 5.82 Å². The van der Waals surface area contributed by atoms with Crippen LogP contribution in [0.5, 0.6) is 0 Å². The summed E-state index contributed by atoms with van der Waals surface area (Å²) in [7, 11) is 0. The SMILES string of the molecule is CCCCCCNc1[c]cccn1. The van der Waals surface area contributed by atoms with Crippen LogP contribution in [0.4, 0.5) is 5.82 Å². The summed E-state index contributed by atoms with van der Waals surface area (Å²) in [5.41, 5.74) is 0. The quantitative estimate of drug-likeness (QED) is 0.676. The first-order chi connectivity index (χ1) is 6.43. The number of nitrogens with one attached hydrogen (secondary N) is 1. The van der Waals surface area contributed by atoms with Gasteiger partial charge in [-0.3, -0.25) is 0 Å². The molecule has 1 N–H and O–H groups in total. The van der Waals surface area contributed by atoms with E-state index in [9.17, 15) is 0 Å². The summed E-state index contributed by atoms with van der Waals surface area (Å²) in [6.45, 7) is 3.23. The Morgan fingerprint density at radius 2 is 2.31 bits per heavy atom. The van der Waals surface area contributed by atoms with Crippen LogP contribution in [0.1, 0.15) is 32.6 Å². The number of hydrogen-bond acceptors (Lipinski definition) is 2. The Morgan fingerprint density at radius 3 is 3.00 bits per heavy atom. The maximum absolute atomic E-state index is 4.13. The molecule has 1 aromatic rings. The molecule has 0 bridgehead atoms. The van der Waals surface area contributed by atoms with E-state index in [0.29, 0.717) is 0 Å². The number of hydrogen-bond donors (Lipinski definition) is 1. The fourth-order valence-electron chi connectivity index (χ4n) is 1.18. The zero-order chi connectivity index (χ0) is 9.36. The highest BCUT2D eigenvalue weighted by atomic mass is 15.0. The van der Waals surface area contributed by atoms with Crippen molar-refractivity contribution in [2.45, 2.75) is 32.6 Å². The molecule has 13 heavy (non-hydrogen) atoms. The van der Waals surface area contributed by atoms with E-state index in [2.05, 4.69) is 23.3 Å². The van der Waals surface area contributed by atoms with Crippen molar-refractivity contribution in [1.29, 1.82) is 0 Å². The fourth-order valence-corrected chi connectivity index (χ4v) is 1.18. The second-order valence-electron chi connectivity index (χ2n) is 3.12. The summed E-state index contributed by atoms with van der Waals surface area (Å²) in [4.78, 5) is 4.13. The summed E-state index contributed by atoms with van der Waals surface area (Å²) in [5, 5.41) is 3.24. The molecule has 2 heteroatoms. The van der Waals surface area contributed by atoms with E-state index in [4.69, 9.17) is 0 Å². The Kier molecular flexibility index (Phi) is 4.99. The fraction of sp³-hybridized carbons (Fsp3) is 0.545. The summed E-state index contributed by atoms with van der Waals surface area (Å²) in [5.74, 6) is 0.860. The van der Waals surface area contributed by atoms with E-state index in [-0.39, 0.29) is 0 Å². The molecule has 0 unspecified atom stereocenters. The van der Waals surface area contributed by atoms with Crippen LogP contribution in [-0.2, 0) is 0 Å². The average molecular weight is 177 g/mol. The Bertz CT molecular complexity index is 209. The molecule has 0 amide bonds. The van der Waals surface area contributed by atoms with Crippen LogP contribution >= 0.6 is 0 Å². The molecule has 1 aromatic heterocycles. The van der Waals surface area contributed by atoms with Crippen LogP contribution in [0.2, 0.25) is 0 Å². The summed E-state index contributed by atoms with van der Waals surface area (Å²) in [6.07, 6.45) is 6.92. The maximum atomic E-state index is 4.13. The first kappa shape index (κ1) is 10.0. The van der Waals surface area contributed by atoms with Gasteiger partial charge in [-0.2, -0.15) is 0 Å². The highest BCUT2D eigenvalue weighted by Gasteiger charge is 1.90. The normalized spacial score (nSPS) is 9.92. The molecule has 1 rings (SSSR count). The van der Waals surface area contributed by atoms with Gasteiger partial charge in [0, 0.05) is 18.8 Å². The minimum atomic E-state index is 0.860. The molecule has 1 heterocycles. The molecule has 0 fully saturated rings. The number of nitrogens with zero attached hydrogens (tertiary/aromatic N) is 1. The van der Waals surface area contributed by atoms with Crippen LogP contribution in [0, 0.1) is 6.07 Å². The second kappa shape index (κ2) is 6.46. The third kappa shape index (κ3) is 4.51. The third-order valence-corrected chi connectivity index (χ3v) is 1.93. The third-order valence-electron chi connectivity index (χ3n) is 1.93. The zero-order valence-corrected chi connectivity index (χ0v) is 8.21. The van der Waals surface area contributed by atoms with Gasteiger partial charge in [-0.15, -0.1) is 0 Å². The lowest BCUT2D eigenvalue weighted by atomic mass is 10.2. The van der Waals surface area contributed by atoms with Gasteiger partial charge >= 0.3 is 0 Å². The minimum Gasteiger partial charge on any atom is -0.370 e. The molecule has 0 aliphatic heterocycles. The standard InChI is InChI=1S/C11H17N2/c1-2-3-4-6-9-12-11-8-5-7-10-13-11/h5,7,10H,2-4,6,9H2,1H3,(H,12,13). The molecule has 0 aliphatic carbocycles. The summed E-state index contributed by atoms with van der Waals surface area (Å²) < 4.78 is 0. The predicted octanol–water partition coefficient (Wildman–Crippen LogP) is 2.87. The minimum absolute atomic E-state index is 0.860. The molecule has 2 nitrogen and oxygen atoms in total. The second-order valence-corrected chi connectivity index (χ2v) is 3.12. The molecule has 1 radical (unpaired) electrons. The number of rotatable bonds is 6. The van der Waals surface area contributed by atoms with Crippen molar-refractivity contribution in [3.8, 4) is 0 Å². The van der Waals surface area contributed by atoms with Crippen LogP contribution in [0.3, 0.4) is 0 Å². The Labute approximate surface area is 80.4 Å². The van der Waals surface area contributed by atoms with E-state index in [1.54, 1.807) is 6.20 Å². The molecular weight excluding hydrogens is 160 g/mol. The van der Waals surface area contributed by atoms with E-state index in [1.807, 2.05) is 12.1 Å². The lowest BCUT2D eigenvalue weighted by molar-refractivity contribution is 0.684. The highest BCUT2D eigenvalue weighted by Crippen LogP contribution is 2.01. The first-order valence-electron chi connectivity index (χ1n) is 5.00. The van der Waals surface area contributed by atoms with Gasteiger partial charge in [0.15, 0.2) is 0 Å². The van der Waals surface area contributed by atoms with Gasteiger partial charge in [0.25, 0.3) is 0 Å². The number of anilines is 1. The molecule has 0 saturated carbocycles. The van der Waals surface area contributed by atoms with Crippen LogP contribution in [-0.4, -0.2) is 11.5 Å². The lowest BCUT2D eigenvalue weighted by Gasteiger charge is -2.03. The summed E-state index contributed by atoms with van der Waals surface area (Å²) in [6, 6.07) is 6.79. The van der Waals surface area contributed by atoms with Crippen molar-refractivity contribution in [2.24, 2.45) is 0 Å². The van der Waals surface area contributed by atoms with E-state index in [0.717, 1.165) is 12.4 Å². The average Bonchev–Trinajstić information content (AvgIpc) is 2.19. The van der Waals surface area contributed by atoms with Crippen molar-refractivity contribution in [3.05, 3.63) is 24.4 Å². The smallest absolute Gasteiger partial charge is 0.133 e.